The summed E-state index contributed by atoms with van der Waals surface area (Å²) >= 11 is 0. The lowest BCUT2D eigenvalue weighted by Crippen LogP contribution is -2.53. The Hall–Kier alpha value is -6.66. The summed E-state index contributed by atoms with van der Waals surface area (Å²) in [5.41, 5.74) is 12.9. The average molecular weight is 640 g/mol. The lowest BCUT2D eigenvalue weighted by Gasteiger charge is -2.40. The van der Waals surface area contributed by atoms with Gasteiger partial charge in [0, 0.05) is 27.6 Å². The van der Waals surface area contributed by atoms with Gasteiger partial charge in [-0.25, -0.2) is 0 Å². The first-order valence-corrected chi connectivity index (χ1v) is 17.1. The number of nitrogens with one attached hydrogen (secondary N) is 1. The summed E-state index contributed by atoms with van der Waals surface area (Å²) in [7, 11) is 0. The highest BCUT2D eigenvalue weighted by Gasteiger charge is 2.41. The highest BCUT2D eigenvalue weighted by Crippen LogP contribution is 2.45. The molecule has 0 radical (unpaired) electrons. The van der Waals surface area contributed by atoms with Gasteiger partial charge in [-0.2, -0.15) is 0 Å². The molecule has 2 aliphatic rings. The van der Waals surface area contributed by atoms with E-state index in [9.17, 15) is 0 Å². The molecule has 50 heavy (non-hydrogen) atoms. The van der Waals surface area contributed by atoms with Crippen LogP contribution in [0.5, 0.6) is 0 Å². The van der Waals surface area contributed by atoms with Crippen molar-refractivity contribution >= 4 is 62.9 Å². The van der Waals surface area contributed by atoms with Gasteiger partial charge in [-0.1, -0.05) is 97.1 Å². The van der Waals surface area contributed by atoms with Crippen LogP contribution in [0, 0.1) is 0 Å². The molecule has 0 saturated heterocycles. The van der Waals surface area contributed by atoms with Crippen molar-refractivity contribution in [2.24, 2.45) is 0 Å². The number of aromatic nitrogens is 3. The molecule has 234 valence electrons. The van der Waals surface area contributed by atoms with Crippen molar-refractivity contribution in [3.05, 3.63) is 176 Å². The summed E-state index contributed by atoms with van der Waals surface area (Å²) in [5.74, 6) is 2.21. The van der Waals surface area contributed by atoms with E-state index in [2.05, 4.69) is 200 Å². The first kappa shape index (κ1) is 27.3. The van der Waals surface area contributed by atoms with Gasteiger partial charge < -0.3 is 18.8 Å². The Morgan fingerprint density at radius 3 is 1.74 bits per heavy atom. The fraction of sp³-hybridized carbons (Fsp3) is 0. The van der Waals surface area contributed by atoms with Crippen molar-refractivity contribution in [1.29, 1.82) is 0 Å². The first-order valence-electron chi connectivity index (χ1n) is 17.1. The molecule has 0 saturated carbocycles. The minimum Gasteiger partial charge on any atom is -0.354 e. The highest BCUT2D eigenvalue weighted by atomic mass is 15.3. The molecule has 0 fully saturated rings. The molecule has 3 aromatic heterocycles. The quantitative estimate of drug-likeness (QED) is 0.194. The number of hydrogen-bond acceptors (Lipinski definition) is 2. The van der Waals surface area contributed by atoms with E-state index in [4.69, 9.17) is 0 Å². The molecule has 0 atom stereocenters. The SMILES string of the molecule is c1ccc(-c2cc(-c3ccccc3)cc(N3c4cc(-n5c6ccccc6c6ccccc65)cc5c4B(n4cccc4N5)n4cccc43)c2)cc1. The van der Waals surface area contributed by atoms with E-state index < -0.39 is 0 Å². The van der Waals surface area contributed by atoms with Crippen molar-refractivity contribution in [3.8, 4) is 27.9 Å². The number of nitrogens with zero attached hydrogens (tertiary/aromatic N) is 4. The third-order valence-electron chi connectivity index (χ3n) is 10.4. The molecule has 11 rings (SSSR count). The number of para-hydroxylation sites is 2. The van der Waals surface area contributed by atoms with Crippen LogP contribution in [0.2, 0.25) is 0 Å². The molecule has 2 aliphatic heterocycles. The number of benzene rings is 6. The van der Waals surface area contributed by atoms with Gasteiger partial charge in [0.2, 0.25) is 0 Å². The van der Waals surface area contributed by atoms with Gasteiger partial charge >= 0.3 is 6.98 Å². The Balaban J connectivity index is 1.22. The Morgan fingerprint density at radius 2 is 1.06 bits per heavy atom. The summed E-state index contributed by atoms with van der Waals surface area (Å²) in [4.78, 5) is 2.46. The second-order valence-corrected chi connectivity index (χ2v) is 13.2. The molecule has 5 nitrogen and oxygen atoms in total. The lowest BCUT2D eigenvalue weighted by atomic mass is 9.62. The topological polar surface area (TPSA) is 30.1 Å². The van der Waals surface area contributed by atoms with Gasteiger partial charge in [0.15, 0.2) is 0 Å². The van der Waals surface area contributed by atoms with Crippen LogP contribution in [0.25, 0.3) is 49.7 Å². The summed E-state index contributed by atoms with van der Waals surface area (Å²) < 4.78 is 7.18. The maximum absolute atomic E-state index is 3.84. The monoisotopic (exact) mass is 639 g/mol. The van der Waals surface area contributed by atoms with E-state index >= 15 is 0 Å². The summed E-state index contributed by atoms with van der Waals surface area (Å²) in [5, 5.41) is 6.34. The average Bonchev–Trinajstić information content (AvgIpc) is 3.93. The van der Waals surface area contributed by atoms with Crippen molar-refractivity contribution < 1.29 is 0 Å². The van der Waals surface area contributed by atoms with E-state index in [1.165, 1.54) is 49.5 Å². The normalized spacial score (nSPS) is 12.9. The number of fused-ring (bicyclic) bond motifs is 7. The molecule has 0 unspecified atom stereocenters. The van der Waals surface area contributed by atoms with E-state index in [-0.39, 0.29) is 6.98 Å². The van der Waals surface area contributed by atoms with Gasteiger partial charge in [0.05, 0.1) is 28.2 Å². The molecule has 0 aliphatic carbocycles. The Bertz CT molecular complexity index is 2640. The summed E-state index contributed by atoms with van der Waals surface area (Å²) in [6.07, 6.45) is 4.40. The molecule has 0 spiro atoms. The molecule has 6 aromatic carbocycles. The zero-order chi connectivity index (χ0) is 32.8. The second-order valence-electron chi connectivity index (χ2n) is 13.2. The summed E-state index contributed by atoms with van der Waals surface area (Å²) in [6, 6.07) is 59.4. The van der Waals surface area contributed by atoms with Crippen LogP contribution < -0.4 is 15.7 Å². The zero-order valence-corrected chi connectivity index (χ0v) is 27.1. The van der Waals surface area contributed by atoms with Crippen LogP contribution in [-0.2, 0) is 0 Å². The molecule has 6 heteroatoms. The predicted octanol–water partition coefficient (Wildman–Crippen LogP) is 10.4. The first-order chi connectivity index (χ1) is 24.8. The Labute approximate surface area is 290 Å². The van der Waals surface area contributed by atoms with Crippen LogP contribution >= 0.6 is 0 Å². The minimum atomic E-state index is -0.0226. The molecule has 0 bridgehead atoms. The fourth-order valence-electron chi connectivity index (χ4n) is 8.29. The molecule has 9 aromatic rings. The smallest absolute Gasteiger partial charge is 0.354 e. The van der Waals surface area contributed by atoms with Crippen molar-refractivity contribution in [2.75, 3.05) is 10.2 Å². The molecule has 5 heterocycles. The third-order valence-corrected chi connectivity index (χ3v) is 10.4. The zero-order valence-electron chi connectivity index (χ0n) is 27.1. The van der Waals surface area contributed by atoms with Crippen molar-refractivity contribution in [2.45, 2.75) is 0 Å². The van der Waals surface area contributed by atoms with Crippen LogP contribution in [0.3, 0.4) is 0 Å². The molecular weight excluding hydrogens is 609 g/mol. The Morgan fingerprint density at radius 1 is 0.460 bits per heavy atom. The summed E-state index contributed by atoms with van der Waals surface area (Å²) in [6.45, 7) is -0.0226. The third kappa shape index (κ3) is 3.90. The number of anilines is 5. The van der Waals surface area contributed by atoms with Crippen molar-refractivity contribution in [1.82, 2.24) is 13.5 Å². The number of hydrogen-bond donors (Lipinski definition) is 1. The van der Waals surface area contributed by atoms with E-state index in [1.807, 2.05) is 0 Å². The maximum atomic E-state index is 3.84. The standard InChI is InChI=1S/C44H30BN5/c1-3-13-30(14-4-1)32-25-33(31-15-5-2-6-16-31)27-34(26-32)50-41-29-35(49-39-19-9-7-17-36(39)37-18-8-10-20-40(37)49)28-38-44(41)45(48-24-12-22-43(48)50)47-23-11-21-42(47)46-38/h1-29,46H. The van der Waals surface area contributed by atoms with Crippen LogP contribution in [0.4, 0.5) is 28.7 Å². The molecule has 0 amide bonds. The van der Waals surface area contributed by atoms with Gasteiger partial charge in [0.25, 0.3) is 0 Å². The molecule has 1 N–H and O–H groups in total. The Kier molecular flexibility index (Phi) is 5.69. The second kappa shape index (κ2) is 10.4. The van der Waals surface area contributed by atoms with E-state index in [1.54, 1.807) is 0 Å². The van der Waals surface area contributed by atoms with Crippen LogP contribution in [0.1, 0.15) is 0 Å². The maximum Gasteiger partial charge on any atom is 0.426 e. The largest absolute Gasteiger partial charge is 0.426 e. The van der Waals surface area contributed by atoms with Crippen molar-refractivity contribution in [3.63, 3.8) is 0 Å². The predicted molar refractivity (Wildman–Crippen MR) is 208 cm³/mol. The van der Waals surface area contributed by atoms with Gasteiger partial charge in [0.1, 0.15) is 5.82 Å². The molecular formula is C44H30BN5. The van der Waals surface area contributed by atoms with Crippen LogP contribution in [0.15, 0.2) is 176 Å². The van der Waals surface area contributed by atoms with Gasteiger partial charge in [-0.3, -0.25) is 4.90 Å². The number of rotatable bonds is 4. The van der Waals surface area contributed by atoms with Crippen LogP contribution in [-0.4, -0.2) is 20.5 Å². The van der Waals surface area contributed by atoms with Gasteiger partial charge in [-0.15, -0.1) is 0 Å². The highest BCUT2D eigenvalue weighted by molar-refractivity contribution is 6.75. The van der Waals surface area contributed by atoms with Gasteiger partial charge in [-0.05, 0) is 101 Å². The van der Waals surface area contributed by atoms with E-state index in [0.29, 0.717) is 0 Å². The minimum absolute atomic E-state index is 0.0226. The van der Waals surface area contributed by atoms with E-state index in [0.717, 1.165) is 34.4 Å². The fourth-order valence-corrected chi connectivity index (χ4v) is 8.29. The lowest BCUT2D eigenvalue weighted by molar-refractivity contribution is 1.03.